The van der Waals surface area contributed by atoms with Crippen molar-refractivity contribution in [2.45, 2.75) is 62.6 Å². The van der Waals surface area contributed by atoms with E-state index in [0.29, 0.717) is 32.5 Å². The van der Waals surface area contributed by atoms with Gasteiger partial charge in [-0.2, -0.15) is 23.1 Å². The highest BCUT2D eigenvalue weighted by atomic mass is 35.5. The molecule has 0 amide bonds. The number of hydrogen-bond acceptors (Lipinski definition) is 9. The average Bonchev–Trinajstić information content (AvgIpc) is 3.44. The van der Waals surface area contributed by atoms with E-state index in [2.05, 4.69) is 25.2 Å². The van der Waals surface area contributed by atoms with Gasteiger partial charge in [-0.05, 0) is 50.9 Å². The van der Waals surface area contributed by atoms with Gasteiger partial charge >= 0.3 is 12.2 Å². The van der Waals surface area contributed by atoms with Gasteiger partial charge in [0.25, 0.3) is 0 Å². The minimum Gasteiger partial charge on any atom is -0.484 e. The largest absolute Gasteiger partial charge is 0.484 e. The number of alkyl halides is 4. The molecule has 0 saturated carbocycles. The second-order valence-electron chi connectivity index (χ2n) is 12.2. The molecule has 2 aromatic heterocycles. The standard InChI is InChI=1S/C29H31ClF5N7O2/c1-13-8-17(36)38-23(20(13)29(33,34)35)18-21(30)25-19-24(22(18)32)39-27(43-12-28-5-3-7-42(28)11-14(31)9-28)40-26(19)41(2)15-4-6-37-10-16(15)44-25/h8,14-16,37H,3-7,9-12H2,1-2H3,(H2,36,38)/t14-,15?,16?,28+/m1/s1. The summed E-state index contributed by atoms with van der Waals surface area (Å²) in [6, 6.07) is 0.670. The number of likely N-dealkylation sites (N-methyl/N-ethyl adjacent to an activating group) is 1. The summed E-state index contributed by atoms with van der Waals surface area (Å²) in [6.45, 7) is 3.46. The zero-order valence-corrected chi connectivity index (χ0v) is 24.8. The number of fused-ring (bicyclic) bond motifs is 2. The summed E-state index contributed by atoms with van der Waals surface area (Å²) in [4.78, 5) is 16.9. The van der Waals surface area contributed by atoms with Crippen LogP contribution in [0.4, 0.5) is 33.6 Å². The van der Waals surface area contributed by atoms with E-state index in [4.69, 9.17) is 26.8 Å². The van der Waals surface area contributed by atoms with Crippen LogP contribution in [0.5, 0.6) is 11.8 Å². The van der Waals surface area contributed by atoms with Gasteiger partial charge in [0.05, 0.1) is 38.8 Å². The molecule has 4 aliphatic heterocycles. The maximum absolute atomic E-state index is 16.8. The van der Waals surface area contributed by atoms with Gasteiger partial charge < -0.3 is 25.4 Å². The molecule has 44 heavy (non-hydrogen) atoms. The van der Waals surface area contributed by atoms with Crippen LogP contribution in [0, 0.1) is 12.7 Å². The molecule has 236 valence electrons. The van der Waals surface area contributed by atoms with Crippen molar-refractivity contribution >= 4 is 34.1 Å². The Morgan fingerprint density at radius 3 is 2.84 bits per heavy atom. The number of aryl methyl sites for hydroxylation is 1. The molecular weight excluding hydrogens is 609 g/mol. The third-order valence-electron chi connectivity index (χ3n) is 9.42. The Kier molecular flexibility index (Phi) is 6.98. The lowest BCUT2D eigenvalue weighted by Crippen LogP contribution is -2.53. The number of pyridine rings is 1. The van der Waals surface area contributed by atoms with Crippen molar-refractivity contribution in [3.05, 3.63) is 28.0 Å². The van der Waals surface area contributed by atoms with Gasteiger partial charge in [0, 0.05) is 26.6 Å². The van der Waals surface area contributed by atoms with E-state index in [-0.39, 0.29) is 52.5 Å². The third kappa shape index (κ3) is 4.59. The summed E-state index contributed by atoms with van der Waals surface area (Å²) >= 11 is 6.79. The topological polar surface area (TPSA) is 102 Å². The van der Waals surface area contributed by atoms with Crippen LogP contribution in [-0.2, 0) is 6.18 Å². The van der Waals surface area contributed by atoms with Crippen LogP contribution >= 0.6 is 11.6 Å². The molecule has 4 aliphatic rings. The Balaban J connectivity index is 1.45. The fourth-order valence-corrected chi connectivity index (χ4v) is 7.76. The smallest absolute Gasteiger partial charge is 0.418 e. The summed E-state index contributed by atoms with van der Waals surface area (Å²) in [5.74, 6) is -1.16. The summed E-state index contributed by atoms with van der Waals surface area (Å²) in [7, 11) is 1.79. The van der Waals surface area contributed by atoms with Gasteiger partial charge in [-0.1, -0.05) is 11.6 Å². The number of nitrogen functional groups attached to an aromatic ring is 1. The fraction of sp³-hybridized carbons (Fsp3) is 0.552. The zero-order chi connectivity index (χ0) is 31.1. The number of hydrogen-bond donors (Lipinski definition) is 2. The van der Waals surface area contributed by atoms with Crippen LogP contribution in [0.2, 0.25) is 5.02 Å². The molecule has 0 radical (unpaired) electrons. The number of anilines is 2. The number of piperidine rings is 1. The van der Waals surface area contributed by atoms with Gasteiger partial charge in [-0.25, -0.2) is 13.8 Å². The summed E-state index contributed by atoms with van der Waals surface area (Å²) < 4.78 is 86.8. The fourth-order valence-electron chi connectivity index (χ4n) is 7.45. The Morgan fingerprint density at radius 2 is 2.07 bits per heavy atom. The predicted octanol–water partition coefficient (Wildman–Crippen LogP) is 4.91. The zero-order valence-electron chi connectivity index (χ0n) is 24.1. The maximum Gasteiger partial charge on any atom is 0.418 e. The van der Waals surface area contributed by atoms with Crippen LogP contribution in [0.1, 0.15) is 36.8 Å². The summed E-state index contributed by atoms with van der Waals surface area (Å²) in [6.07, 6.45) is -3.79. The number of rotatable bonds is 4. The molecule has 0 spiro atoms. The molecule has 7 rings (SSSR count). The molecule has 1 aromatic carbocycles. The number of ether oxygens (including phenoxy) is 2. The number of nitrogens with two attached hydrogens (primary N) is 1. The molecule has 3 fully saturated rings. The van der Waals surface area contributed by atoms with E-state index in [1.807, 2.05) is 4.90 Å². The lowest BCUT2D eigenvalue weighted by atomic mass is 9.95. The van der Waals surface area contributed by atoms with Crippen LogP contribution in [0.15, 0.2) is 6.07 Å². The highest BCUT2D eigenvalue weighted by Crippen LogP contribution is 2.51. The highest BCUT2D eigenvalue weighted by Gasteiger charge is 2.50. The Labute approximate surface area is 254 Å². The Morgan fingerprint density at radius 1 is 1.27 bits per heavy atom. The van der Waals surface area contributed by atoms with E-state index in [9.17, 15) is 17.6 Å². The average molecular weight is 640 g/mol. The maximum atomic E-state index is 16.8. The van der Waals surface area contributed by atoms with Crippen molar-refractivity contribution < 1.29 is 31.4 Å². The third-order valence-corrected chi connectivity index (χ3v) is 9.78. The monoisotopic (exact) mass is 639 g/mol. The van der Waals surface area contributed by atoms with Crippen molar-refractivity contribution in [1.82, 2.24) is 25.2 Å². The molecular formula is C29H31ClF5N7O2. The van der Waals surface area contributed by atoms with Gasteiger partial charge in [-0.15, -0.1) is 0 Å². The molecule has 3 N–H and O–H groups in total. The van der Waals surface area contributed by atoms with E-state index in [1.54, 1.807) is 7.05 Å². The van der Waals surface area contributed by atoms with Gasteiger partial charge in [0.1, 0.15) is 36.0 Å². The molecule has 6 heterocycles. The van der Waals surface area contributed by atoms with Gasteiger partial charge in [0.2, 0.25) is 0 Å². The molecule has 4 atom stereocenters. The van der Waals surface area contributed by atoms with Gasteiger partial charge in [-0.3, -0.25) is 4.90 Å². The van der Waals surface area contributed by atoms with Gasteiger partial charge in [0.15, 0.2) is 11.6 Å². The van der Waals surface area contributed by atoms with Crippen LogP contribution in [-0.4, -0.2) is 83.5 Å². The van der Waals surface area contributed by atoms with Crippen LogP contribution in [0.25, 0.3) is 22.2 Å². The predicted molar refractivity (Wildman–Crippen MR) is 155 cm³/mol. The molecule has 15 heteroatoms. The minimum absolute atomic E-state index is 0.0469. The molecule has 0 bridgehead atoms. The lowest BCUT2D eigenvalue weighted by Gasteiger charge is -2.36. The molecule has 3 aromatic rings. The van der Waals surface area contributed by atoms with E-state index >= 15 is 4.39 Å². The first kappa shape index (κ1) is 29.5. The Hall–Kier alpha value is -3.23. The normalized spacial score (nSPS) is 26.8. The van der Waals surface area contributed by atoms with Crippen LogP contribution < -0.4 is 25.4 Å². The first-order valence-corrected chi connectivity index (χ1v) is 15.0. The Bertz CT molecular complexity index is 1660. The van der Waals surface area contributed by atoms with E-state index < -0.39 is 51.7 Å². The van der Waals surface area contributed by atoms with Crippen molar-refractivity contribution in [2.24, 2.45) is 0 Å². The second-order valence-corrected chi connectivity index (χ2v) is 12.5. The van der Waals surface area contributed by atoms with E-state index in [1.165, 1.54) is 6.92 Å². The highest BCUT2D eigenvalue weighted by molar-refractivity contribution is 6.36. The molecule has 9 nitrogen and oxygen atoms in total. The quantitative estimate of drug-likeness (QED) is 0.386. The first-order chi connectivity index (χ1) is 20.9. The first-order valence-electron chi connectivity index (χ1n) is 14.6. The van der Waals surface area contributed by atoms with Crippen molar-refractivity contribution in [3.63, 3.8) is 0 Å². The second kappa shape index (κ2) is 10.4. The van der Waals surface area contributed by atoms with Crippen LogP contribution in [0.3, 0.4) is 0 Å². The SMILES string of the molecule is Cc1cc(N)nc(-c2c(Cl)c3c4c(nc(OC[C@@]56CCCN5C[C@H](F)C6)nc4c2F)N(C)C2CCNCC2O3)c1C(F)(F)F. The molecule has 3 saturated heterocycles. The molecule has 0 aliphatic carbocycles. The minimum atomic E-state index is -4.90. The van der Waals surface area contributed by atoms with Crippen molar-refractivity contribution in [3.8, 4) is 23.0 Å². The number of benzene rings is 1. The number of nitrogens with one attached hydrogen (secondary N) is 1. The number of halogens is 6. The number of aromatic nitrogens is 3. The van der Waals surface area contributed by atoms with Crippen molar-refractivity contribution in [1.29, 1.82) is 0 Å². The number of nitrogens with zero attached hydrogens (tertiary/aromatic N) is 5. The lowest BCUT2D eigenvalue weighted by molar-refractivity contribution is -0.137. The summed E-state index contributed by atoms with van der Waals surface area (Å²) in [5.41, 5.74) is 2.20. The van der Waals surface area contributed by atoms with Crippen molar-refractivity contribution in [2.75, 3.05) is 50.5 Å². The summed E-state index contributed by atoms with van der Waals surface area (Å²) in [5, 5.41) is 2.98. The molecule has 2 unspecified atom stereocenters. The van der Waals surface area contributed by atoms with E-state index in [0.717, 1.165) is 25.5 Å².